The standard InChI is InChI=1S/C2H2F5O3P.FH.4Na/c3-1(4,5)2(6,7)11(8,9)10;;;;;/h(H2,8,9,10);1H;;;;/q;;4*+1/p-3. The average molecular weight is 309 g/mol. The monoisotopic (exact) mass is 309 g/mol. The molecule has 0 heterocycles. The number of hydrogen-bond acceptors (Lipinski definition) is 3. The molecule has 14 heteroatoms. The molecule has 0 unspecified atom stereocenters. The van der Waals surface area contributed by atoms with Crippen molar-refractivity contribution in [2.45, 2.75) is 11.8 Å². The van der Waals surface area contributed by atoms with Crippen molar-refractivity contribution in [2.75, 3.05) is 0 Å². The topological polar surface area (TPSA) is 63.2 Å². The van der Waals surface area contributed by atoms with E-state index in [1.54, 1.807) is 0 Å². The smallest absolute Gasteiger partial charge is 1.00 e. The molecule has 0 bridgehead atoms. The summed E-state index contributed by atoms with van der Waals surface area (Å²) in [7, 11) is -6.95. The van der Waals surface area contributed by atoms with E-state index in [0.717, 1.165) is 0 Å². The molecule has 0 aromatic rings. The van der Waals surface area contributed by atoms with Crippen LogP contribution in [-0.4, -0.2) is 11.8 Å². The number of hydrogen-bond donors (Lipinski definition) is 0. The largest absolute Gasteiger partial charge is 1.00 e. The first-order chi connectivity index (χ1) is 4.50. The normalized spacial score (nSPS) is 10.4. The van der Waals surface area contributed by atoms with Crippen molar-refractivity contribution >= 4 is 7.60 Å². The van der Waals surface area contributed by atoms with Crippen LogP contribution in [0.5, 0.6) is 0 Å². The van der Waals surface area contributed by atoms with Gasteiger partial charge in [-0.05, 0) is 0 Å². The van der Waals surface area contributed by atoms with Crippen LogP contribution in [0, 0.1) is 0 Å². The molecular weight excluding hydrogens is 309 g/mol. The second-order valence-electron chi connectivity index (χ2n) is 1.54. The fourth-order valence-corrected chi connectivity index (χ4v) is 0.466. The van der Waals surface area contributed by atoms with Crippen LogP contribution in [-0.2, 0) is 4.57 Å². The number of alkyl halides is 5. The van der Waals surface area contributed by atoms with Crippen molar-refractivity contribution in [1.82, 2.24) is 0 Å². The summed E-state index contributed by atoms with van der Waals surface area (Å²) in [6.45, 7) is 0. The molecule has 0 N–H and O–H groups in total. The maximum absolute atomic E-state index is 11.4. The molecule has 0 aliphatic heterocycles. The zero-order valence-corrected chi connectivity index (χ0v) is 17.8. The molecular formula is C2F6Na4O3P+. The minimum absolute atomic E-state index is 0. The molecule has 0 spiro atoms. The van der Waals surface area contributed by atoms with Crippen LogP contribution in [0.1, 0.15) is 0 Å². The first kappa shape index (κ1) is 36.7. The molecule has 0 aliphatic rings. The van der Waals surface area contributed by atoms with Gasteiger partial charge in [-0.3, -0.25) is 0 Å². The number of rotatable bonds is 1. The molecule has 0 aromatic heterocycles. The molecule has 76 valence electrons. The van der Waals surface area contributed by atoms with Gasteiger partial charge in [-0.1, -0.05) is 0 Å². The maximum Gasteiger partial charge on any atom is 1.00 e. The van der Waals surface area contributed by atoms with Gasteiger partial charge in [0.25, 0.3) is 0 Å². The minimum atomic E-state index is -6.95. The Hall–Kier alpha value is 3.73. The third kappa shape index (κ3) is 10.5. The molecule has 3 nitrogen and oxygen atoms in total. The molecule has 0 atom stereocenters. The van der Waals surface area contributed by atoms with Crippen LogP contribution in [0.15, 0.2) is 0 Å². The van der Waals surface area contributed by atoms with E-state index in [2.05, 4.69) is 0 Å². The van der Waals surface area contributed by atoms with E-state index in [9.17, 15) is 36.3 Å². The Balaban J connectivity index is -0.0000000500. The van der Waals surface area contributed by atoms with Gasteiger partial charge in [0.1, 0.15) is 0 Å². The fourth-order valence-electron chi connectivity index (χ4n) is 0.155. The van der Waals surface area contributed by atoms with E-state index >= 15 is 0 Å². The second-order valence-corrected chi connectivity index (χ2v) is 3.09. The Labute approximate surface area is 175 Å². The summed E-state index contributed by atoms with van der Waals surface area (Å²) in [6.07, 6.45) is -6.34. The van der Waals surface area contributed by atoms with E-state index in [0.29, 0.717) is 0 Å². The summed E-state index contributed by atoms with van der Waals surface area (Å²) in [4.78, 5) is 18.6. The molecule has 0 fully saturated rings. The van der Waals surface area contributed by atoms with E-state index in [1.807, 2.05) is 0 Å². The van der Waals surface area contributed by atoms with Crippen LogP contribution < -0.4 is 133 Å². The van der Waals surface area contributed by atoms with Gasteiger partial charge in [-0.15, -0.1) is 0 Å². The molecule has 0 saturated carbocycles. The summed E-state index contributed by atoms with van der Waals surface area (Å²) >= 11 is 0. The quantitative estimate of drug-likeness (QED) is 0.275. The summed E-state index contributed by atoms with van der Waals surface area (Å²) < 4.78 is 65.2. The molecule has 0 amide bonds. The Kier molecular flexibility index (Phi) is 28.6. The third-order valence-electron chi connectivity index (χ3n) is 0.685. The Morgan fingerprint density at radius 3 is 1.00 bits per heavy atom. The summed E-state index contributed by atoms with van der Waals surface area (Å²) in [6, 6.07) is 0. The van der Waals surface area contributed by atoms with Crippen molar-refractivity contribution in [3.8, 4) is 0 Å². The van der Waals surface area contributed by atoms with Crippen molar-refractivity contribution in [3.05, 3.63) is 0 Å². The van der Waals surface area contributed by atoms with Crippen molar-refractivity contribution in [3.63, 3.8) is 0 Å². The maximum atomic E-state index is 11.4. The average Bonchev–Trinajstić information content (AvgIpc) is 1.58. The minimum Gasteiger partial charge on any atom is -1.00 e. The summed E-state index contributed by atoms with van der Waals surface area (Å²) in [5, 5.41) is 0. The van der Waals surface area contributed by atoms with E-state index < -0.39 is 19.4 Å². The van der Waals surface area contributed by atoms with Gasteiger partial charge in [0.15, 0.2) is 0 Å². The van der Waals surface area contributed by atoms with E-state index in [1.165, 1.54) is 0 Å². The fraction of sp³-hybridized carbons (Fsp3) is 1.00. The zero-order chi connectivity index (χ0) is 9.50. The van der Waals surface area contributed by atoms with Crippen LogP contribution in [0.4, 0.5) is 22.0 Å². The molecule has 0 saturated heterocycles. The number of halogens is 6. The van der Waals surface area contributed by atoms with Crippen molar-refractivity contribution in [2.24, 2.45) is 0 Å². The first-order valence-electron chi connectivity index (χ1n) is 1.97. The Bertz CT molecular complexity index is 204. The van der Waals surface area contributed by atoms with Crippen LogP contribution >= 0.6 is 7.60 Å². The Morgan fingerprint density at radius 1 is 0.812 bits per heavy atom. The molecule has 0 radical (unpaired) electrons. The van der Waals surface area contributed by atoms with Crippen LogP contribution in [0.3, 0.4) is 0 Å². The van der Waals surface area contributed by atoms with Gasteiger partial charge < -0.3 is 19.1 Å². The third-order valence-corrected chi connectivity index (χ3v) is 1.63. The van der Waals surface area contributed by atoms with Crippen molar-refractivity contribution < 1.29 is 159 Å². The SMILES string of the molecule is O=P([O-])([O-])C(F)(F)C(F)(F)F.[F-].[Na+].[Na+].[Na+].[Na+]. The second kappa shape index (κ2) is 12.5. The van der Waals surface area contributed by atoms with Crippen LogP contribution in [0.25, 0.3) is 0 Å². The first-order valence-corrected chi connectivity index (χ1v) is 3.51. The molecule has 16 heavy (non-hydrogen) atoms. The van der Waals surface area contributed by atoms with E-state index in [4.69, 9.17) is 0 Å². The van der Waals surface area contributed by atoms with E-state index in [-0.39, 0.29) is 123 Å². The molecule has 0 aromatic carbocycles. The van der Waals surface area contributed by atoms with Gasteiger partial charge in [0.05, 0.1) is 0 Å². The van der Waals surface area contributed by atoms with Gasteiger partial charge in [-0.2, -0.15) is 22.0 Å². The molecule has 0 rings (SSSR count). The van der Waals surface area contributed by atoms with Gasteiger partial charge >= 0.3 is 130 Å². The zero-order valence-electron chi connectivity index (χ0n) is 8.94. The van der Waals surface area contributed by atoms with Gasteiger partial charge in [-0.25, -0.2) is 0 Å². The molecule has 0 aliphatic carbocycles. The van der Waals surface area contributed by atoms with Crippen molar-refractivity contribution in [1.29, 1.82) is 0 Å². The van der Waals surface area contributed by atoms with Gasteiger partial charge in [0, 0.05) is 7.60 Å². The Morgan fingerprint density at radius 2 is 1.00 bits per heavy atom. The van der Waals surface area contributed by atoms with Gasteiger partial charge in [0.2, 0.25) is 0 Å². The summed E-state index contributed by atoms with van der Waals surface area (Å²) in [5.74, 6) is 0. The van der Waals surface area contributed by atoms with Crippen LogP contribution in [0.2, 0.25) is 0 Å². The predicted molar refractivity (Wildman–Crippen MR) is 18.6 cm³/mol. The predicted octanol–water partition coefficient (Wildman–Crippen LogP) is -14.9. The summed E-state index contributed by atoms with van der Waals surface area (Å²) in [5.41, 5.74) is -6.18.